The summed E-state index contributed by atoms with van der Waals surface area (Å²) in [6.07, 6.45) is -0.380. The molecule has 0 saturated heterocycles. The molecule has 0 saturated carbocycles. The number of anilines is 1. The van der Waals surface area contributed by atoms with Gasteiger partial charge in [-0.05, 0) is 39.0 Å². The van der Waals surface area contributed by atoms with Gasteiger partial charge in [-0.15, -0.1) is 0 Å². The maximum Gasteiger partial charge on any atom is 0.412 e. The second-order valence-corrected chi connectivity index (χ2v) is 5.10. The SMILES string of the molecule is CC(C)(C)OC(=O)Nc1ccc(C#CCCO)cc1F. The number of benzene rings is 1. The normalized spacial score (nSPS) is 10.4. The van der Waals surface area contributed by atoms with Crippen LogP contribution in [0, 0.1) is 17.7 Å². The quantitative estimate of drug-likeness (QED) is 0.818. The number of aliphatic hydroxyl groups excluding tert-OH is 1. The largest absolute Gasteiger partial charge is 0.444 e. The van der Waals surface area contributed by atoms with Crippen LogP contribution in [0.4, 0.5) is 14.9 Å². The van der Waals surface area contributed by atoms with Gasteiger partial charge >= 0.3 is 6.09 Å². The highest BCUT2D eigenvalue weighted by Crippen LogP contribution is 2.17. The standard InChI is InChI=1S/C15H18FNO3/c1-15(2,3)20-14(19)17-13-8-7-11(10-12(13)16)6-4-5-9-18/h7-8,10,18H,5,9H2,1-3H3,(H,17,19). The van der Waals surface area contributed by atoms with Crippen LogP contribution in [0.5, 0.6) is 0 Å². The van der Waals surface area contributed by atoms with Crippen molar-refractivity contribution in [1.29, 1.82) is 0 Å². The minimum absolute atomic E-state index is 0.0340. The Bertz CT molecular complexity index is 538. The third kappa shape index (κ3) is 5.72. The number of halogens is 1. The van der Waals surface area contributed by atoms with E-state index in [1.807, 2.05) is 0 Å². The molecule has 0 aromatic heterocycles. The molecule has 0 radical (unpaired) electrons. The summed E-state index contributed by atoms with van der Waals surface area (Å²) in [6, 6.07) is 4.22. The molecule has 2 N–H and O–H groups in total. The minimum atomic E-state index is -0.712. The zero-order valence-corrected chi connectivity index (χ0v) is 11.8. The van der Waals surface area contributed by atoms with E-state index in [2.05, 4.69) is 17.2 Å². The van der Waals surface area contributed by atoms with Crippen molar-refractivity contribution in [1.82, 2.24) is 0 Å². The fourth-order valence-corrected chi connectivity index (χ4v) is 1.33. The molecule has 0 aliphatic rings. The van der Waals surface area contributed by atoms with E-state index in [-0.39, 0.29) is 12.3 Å². The highest BCUT2D eigenvalue weighted by molar-refractivity contribution is 5.85. The van der Waals surface area contributed by atoms with Crippen LogP contribution in [0.15, 0.2) is 18.2 Å². The maximum absolute atomic E-state index is 13.8. The minimum Gasteiger partial charge on any atom is -0.444 e. The zero-order chi connectivity index (χ0) is 15.2. The van der Waals surface area contributed by atoms with E-state index in [0.29, 0.717) is 12.0 Å². The van der Waals surface area contributed by atoms with Crippen LogP contribution in [0.2, 0.25) is 0 Å². The van der Waals surface area contributed by atoms with E-state index in [0.717, 1.165) is 0 Å². The highest BCUT2D eigenvalue weighted by atomic mass is 19.1. The number of nitrogens with one attached hydrogen (secondary N) is 1. The van der Waals surface area contributed by atoms with Crippen molar-refractivity contribution in [2.75, 3.05) is 11.9 Å². The molecule has 1 aromatic rings. The van der Waals surface area contributed by atoms with E-state index >= 15 is 0 Å². The van der Waals surface area contributed by atoms with Crippen molar-refractivity contribution in [3.63, 3.8) is 0 Å². The molecule has 0 aliphatic carbocycles. The average Bonchev–Trinajstić information content (AvgIpc) is 2.30. The maximum atomic E-state index is 13.8. The van der Waals surface area contributed by atoms with Crippen molar-refractivity contribution in [2.24, 2.45) is 0 Å². The van der Waals surface area contributed by atoms with Gasteiger partial charge in [-0.2, -0.15) is 0 Å². The van der Waals surface area contributed by atoms with Crippen LogP contribution in [0.1, 0.15) is 32.8 Å². The lowest BCUT2D eigenvalue weighted by molar-refractivity contribution is 0.0635. The molecule has 0 heterocycles. The first-order valence-electron chi connectivity index (χ1n) is 6.21. The van der Waals surface area contributed by atoms with Gasteiger partial charge < -0.3 is 9.84 Å². The van der Waals surface area contributed by atoms with Crippen molar-refractivity contribution < 1.29 is 19.0 Å². The molecule has 1 aromatic carbocycles. The van der Waals surface area contributed by atoms with Crippen LogP contribution in [0.25, 0.3) is 0 Å². The Labute approximate surface area is 117 Å². The van der Waals surface area contributed by atoms with Crippen molar-refractivity contribution in [3.8, 4) is 11.8 Å². The van der Waals surface area contributed by atoms with Crippen LogP contribution in [0.3, 0.4) is 0 Å². The molecule has 4 nitrogen and oxygen atoms in total. The number of carbonyl (C=O) groups excluding carboxylic acids is 1. The molecular formula is C15H18FNO3. The van der Waals surface area contributed by atoms with E-state index in [1.165, 1.54) is 12.1 Å². The van der Waals surface area contributed by atoms with Crippen LogP contribution in [-0.4, -0.2) is 23.4 Å². The van der Waals surface area contributed by atoms with Gasteiger partial charge in [0.25, 0.3) is 0 Å². The highest BCUT2D eigenvalue weighted by Gasteiger charge is 2.17. The first-order chi connectivity index (χ1) is 9.31. The Morgan fingerprint density at radius 2 is 2.15 bits per heavy atom. The Hall–Kier alpha value is -2.06. The molecule has 1 amide bonds. The summed E-state index contributed by atoms with van der Waals surface area (Å²) >= 11 is 0. The number of hydrogen-bond donors (Lipinski definition) is 2. The summed E-state index contributed by atoms with van der Waals surface area (Å²) in [5.74, 6) is 4.81. The number of carbonyl (C=O) groups is 1. The van der Waals surface area contributed by atoms with Gasteiger partial charge in [0.2, 0.25) is 0 Å². The summed E-state index contributed by atoms with van der Waals surface area (Å²) in [6.45, 7) is 5.14. The topological polar surface area (TPSA) is 58.6 Å². The van der Waals surface area contributed by atoms with Gasteiger partial charge in [0, 0.05) is 12.0 Å². The van der Waals surface area contributed by atoms with Crippen molar-refractivity contribution in [2.45, 2.75) is 32.8 Å². The summed E-state index contributed by atoms with van der Waals surface area (Å²) in [7, 11) is 0. The summed E-state index contributed by atoms with van der Waals surface area (Å²) < 4.78 is 18.8. The fourth-order valence-electron chi connectivity index (χ4n) is 1.33. The van der Waals surface area contributed by atoms with Gasteiger partial charge in [-0.3, -0.25) is 5.32 Å². The monoisotopic (exact) mass is 279 g/mol. The lowest BCUT2D eigenvalue weighted by Gasteiger charge is -2.19. The van der Waals surface area contributed by atoms with Crippen LogP contribution < -0.4 is 5.32 Å². The van der Waals surface area contributed by atoms with Crippen molar-refractivity contribution in [3.05, 3.63) is 29.6 Å². The van der Waals surface area contributed by atoms with Crippen LogP contribution in [-0.2, 0) is 4.74 Å². The number of aliphatic hydroxyl groups is 1. The van der Waals surface area contributed by atoms with Gasteiger partial charge in [-0.1, -0.05) is 11.8 Å². The summed E-state index contributed by atoms with van der Waals surface area (Å²) in [5, 5.41) is 10.9. The Morgan fingerprint density at radius 3 is 2.70 bits per heavy atom. The molecule has 0 unspecified atom stereocenters. The number of ether oxygens (including phenoxy) is 1. The van der Waals surface area contributed by atoms with Gasteiger partial charge in [0.15, 0.2) is 0 Å². The fraction of sp³-hybridized carbons (Fsp3) is 0.400. The van der Waals surface area contributed by atoms with E-state index in [9.17, 15) is 9.18 Å². The number of hydrogen-bond acceptors (Lipinski definition) is 3. The Morgan fingerprint density at radius 1 is 1.45 bits per heavy atom. The van der Waals surface area contributed by atoms with E-state index in [1.54, 1.807) is 26.8 Å². The molecule has 20 heavy (non-hydrogen) atoms. The predicted octanol–water partition coefficient (Wildman–Crippen LogP) is 2.91. The van der Waals surface area contributed by atoms with Crippen LogP contribution >= 0.6 is 0 Å². The first-order valence-corrected chi connectivity index (χ1v) is 6.21. The second kappa shape index (κ2) is 6.92. The number of amides is 1. The first kappa shape index (κ1) is 16.0. The molecule has 0 fully saturated rings. The molecule has 0 aliphatic heterocycles. The van der Waals surface area contributed by atoms with Crippen molar-refractivity contribution >= 4 is 11.8 Å². The summed E-state index contributed by atoms with van der Waals surface area (Å²) in [4.78, 5) is 11.5. The average molecular weight is 279 g/mol. The molecule has 5 heteroatoms. The third-order valence-electron chi connectivity index (χ3n) is 2.07. The molecule has 1 rings (SSSR count). The van der Waals surface area contributed by atoms with Gasteiger partial charge in [-0.25, -0.2) is 9.18 Å². The van der Waals surface area contributed by atoms with E-state index < -0.39 is 17.5 Å². The molecule has 108 valence electrons. The summed E-state index contributed by atoms with van der Waals surface area (Å²) in [5.41, 5.74) is -0.131. The van der Waals surface area contributed by atoms with E-state index in [4.69, 9.17) is 9.84 Å². The Kier molecular flexibility index (Phi) is 5.53. The lowest BCUT2D eigenvalue weighted by Crippen LogP contribution is -2.27. The molecule has 0 spiro atoms. The second-order valence-electron chi connectivity index (χ2n) is 5.10. The van der Waals surface area contributed by atoms with Gasteiger partial charge in [0.05, 0.1) is 12.3 Å². The zero-order valence-electron chi connectivity index (χ0n) is 11.8. The molecule has 0 atom stereocenters. The Balaban J connectivity index is 2.74. The molecule has 0 bridgehead atoms. The number of rotatable bonds is 2. The third-order valence-corrected chi connectivity index (χ3v) is 2.07. The van der Waals surface area contributed by atoms with Gasteiger partial charge in [0.1, 0.15) is 11.4 Å². The smallest absolute Gasteiger partial charge is 0.412 e. The predicted molar refractivity (Wildman–Crippen MR) is 74.8 cm³/mol. The lowest BCUT2D eigenvalue weighted by atomic mass is 10.2. The molecular weight excluding hydrogens is 261 g/mol.